The van der Waals surface area contributed by atoms with Crippen LogP contribution in [0.1, 0.15) is 18.9 Å². The fraction of sp³-hybridized carbons (Fsp3) is 0.200. The van der Waals surface area contributed by atoms with Gasteiger partial charge in [0.05, 0.1) is 10.9 Å². The van der Waals surface area contributed by atoms with Crippen molar-refractivity contribution in [3.8, 4) is 0 Å². The minimum absolute atomic E-state index is 0.00843. The molecule has 0 atom stereocenters. The molecule has 0 aliphatic heterocycles. The van der Waals surface area contributed by atoms with Gasteiger partial charge in [-0.25, -0.2) is 4.98 Å². The molecule has 0 N–H and O–H groups in total. The minimum Gasteiger partial charge on any atom is -0.284 e. The third-order valence-electron chi connectivity index (χ3n) is 3.93. The van der Waals surface area contributed by atoms with E-state index in [2.05, 4.69) is 25.6 Å². The number of nitrogens with zero attached hydrogens (tertiary/aromatic N) is 7. The molecule has 1 saturated carbocycles. The second-order valence-electron chi connectivity index (χ2n) is 5.62. The molecular weight excluding hydrogens is 326 g/mol. The normalized spacial score (nSPS) is 14.5. The number of fused-ring (bicyclic) bond motifs is 2. The SMILES string of the molecule is O=c1c2ccccc2nc(Sc2ccc3nnnn3n2)n1C1CC1. The number of hydrogen-bond acceptors (Lipinski definition) is 7. The Labute approximate surface area is 139 Å². The number of benzene rings is 1. The molecule has 24 heavy (non-hydrogen) atoms. The summed E-state index contributed by atoms with van der Waals surface area (Å²) in [5, 5.41) is 17.6. The standard InChI is InChI=1S/C15H11N7OS/c23-14-10-3-1-2-4-11(10)16-15(21(14)9-5-6-9)24-13-8-7-12-17-19-20-22(12)18-13/h1-4,7-9H,5-6H2. The maximum Gasteiger partial charge on any atom is 0.262 e. The summed E-state index contributed by atoms with van der Waals surface area (Å²) in [5.41, 5.74) is 1.28. The van der Waals surface area contributed by atoms with Crippen LogP contribution in [-0.2, 0) is 0 Å². The highest BCUT2D eigenvalue weighted by Crippen LogP contribution is 2.38. The van der Waals surface area contributed by atoms with Crippen LogP contribution >= 0.6 is 11.8 Å². The van der Waals surface area contributed by atoms with E-state index in [4.69, 9.17) is 0 Å². The molecule has 0 bridgehead atoms. The van der Waals surface area contributed by atoms with Gasteiger partial charge in [-0.3, -0.25) is 9.36 Å². The highest BCUT2D eigenvalue weighted by Gasteiger charge is 2.29. The van der Waals surface area contributed by atoms with Crippen LogP contribution in [0.5, 0.6) is 0 Å². The van der Waals surface area contributed by atoms with Gasteiger partial charge in [0, 0.05) is 6.04 Å². The fourth-order valence-corrected chi connectivity index (χ4v) is 3.55. The van der Waals surface area contributed by atoms with Crippen LogP contribution in [-0.4, -0.2) is 34.8 Å². The van der Waals surface area contributed by atoms with Crippen LogP contribution in [0.3, 0.4) is 0 Å². The van der Waals surface area contributed by atoms with Crippen molar-refractivity contribution in [2.45, 2.75) is 29.1 Å². The van der Waals surface area contributed by atoms with Crippen molar-refractivity contribution in [1.82, 2.24) is 34.8 Å². The number of para-hydroxylation sites is 1. The van der Waals surface area contributed by atoms with Gasteiger partial charge in [0.2, 0.25) is 0 Å². The van der Waals surface area contributed by atoms with Crippen molar-refractivity contribution in [2.24, 2.45) is 0 Å². The van der Waals surface area contributed by atoms with Gasteiger partial charge in [0.1, 0.15) is 5.03 Å². The van der Waals surface area contributed by atoms with Crippen molar-refractivity contribution in [1.29, 1.82) is 0 Å². The zero-order valence-corrected chi connectivity index (χ0v) is 13.2. The van der Waals surface area contributed by atoms with Gasteiger partial charge < -0.3 is 0 Å². The van der Waals surface area contributed by atoms with E-state index in [0.29, 0.717) is 26.7 Å². The molecule has 4 aromatic rings. The van der Waals surface area contributed by atoms with E-state index >= 15 is 0 Å². The molecule has 118 valence electrons. The van der Waals surface area contributed by atoms with Crippen LogP contribution in [0, 0.1) is 0 Å². The zero-order valence-electron chi connectivity index (χ0n) is 12.4. The molecule has 1 fully saturated rings. The summed E-state index contributed by atoms with van der Waals surface area (Å²) in [5.74, 6) is 0. The van der Waals surface area contributed by atoms with Crippen LogP contribution < -0.4 is 5.56 Å². The van der Waals surface area contributed by atoms with E-state index in [-0.39, 0.29) is 11.6 Å². The van der Waals surface area contributed by atoms with Crippen LogP contribution in [0.25, 0.3) is 16.6 Å². The predicted octanol–water partition coefficient (Wildman–Crippen LogP) is 1.72. The topological polar surface area (TPSA) is 90.9 Å². The van der Waals surface area contributed by atoms with Gasteiger partial charge in [0.25, 0.3) is 5.56 Å². The number of hydrogen-bond donors (Lipinski definition) is 0. The van der Waals surface area contributed by atoms with Crippen molar-refractivity contribution in [3.05, 3.63) is 46.8 Å². The largest absolute Gasteiger partial charge is 0.284 e. The first-order valence-electron chi connectivity index (χ1n) is 7.54. The van der Waals surface area contributed by atoms with E-state index in [0.717, 1.165) is 12.8 Å². The van der Waals surface area contributed by atoms with E-state index in [9.17, 15) is 4.79 Å². The first kappa shape index (κ1) is 13.6. The summed E-state index contributed by atoms with van der Waals surface area (Å²) in [6, 6.07) is 11.3. The Morgan fingerprint density at radius 2 is 2.00 bits per heavy atom. The summed E-state index contributed by atoms with van der Waals surface area (Å²) < 4.78 is 3.15. The molecule has 5 rings (SSSR count). The van der Waals surface area contributed by atoms with Gasteiger partial charge in [-0.05, 0) is 59.3 Å². The lowest BCUT2D eigenvalue weighted by Gasteiger charge is -2.11. The Morgan fingerprint density at radius 1 is 1.12 bits per heavy atom. The molecule has 0 spiro atoms. The number of rotatable bonds is 3. The van der Waals surface area contributed by atoms with Crippen molar-refractivity contribution in [2.75, 3.05) is 0 Å². The minimum atomic E-state index is 0.00843. The van der Waals surface area contributed by atoms with E-state index in [1.165, 1.54) is 16.4 Å². The maximum absolute atomic E-state index is 12.8. The van der Waals surface area contributed by atoms with E-state index in [1.807, 2.05) is 30.3 Å². The Bertz CT molecular complexity index is 1130. The fourth-order valence-electron chi connectivity index (χ4n) is 2.63. The van der Waals surface area contributed by atoms with Crippen molar-refractivity contribution < 1.29 is 0 Å². The third kappa shape index (κ3) is 2.16. The Hall–Kier alpha value is -2.81. The Morgan fingerprint density at radius 3 is 2.88 bits per heavy atom. The van der Waals surface area contributed by atoms with Gasteiger partial charge >= 0.3 is 0 Å². The summed E-state index contributed by atoms with van der Waals surface area (Å²) in [7, 11) is 0. The summed E-state index contributed by atoms with van der Waals surface area (Å²) >= 11 is 1.35. The maximum atomic E-state index is 12.8. The molecule has 0 unspecified atom stereocenters. The molecule has 0 saturated heterocycles. The monoisotopic (exact) mass is 337 g/mol. The average Bonchev–Trinajstić information content (AvgIpc) is 3.31. The molecule has 9 heteroatoms. The predicted molar refractivity (Wildman–Crippen MR) is 87.0 cm³/mol. The van der Waals surface area contributed by atoms with Crippen LogP contribution in [0.15, 0.2) is 51.4 Å². The van der Waals surface area contributed by atoms with Crippen molar-refractivity contribution >= 4 is 28.3 Å². The molecule has 1 aromatic carbocycles. The lowest BCUT2D eigenvalue weighted by atomic mass is 10.2. The zero-order chi connectivity index (χ0) is 16.1. The first-order chi connectivity index (χ1) is 11.8. The Kier molecular flexibility index (Phi) is 2.89. The molecular formula is C15H11N7OS. The second kappa shape index (κ2) is 5.10. The number of aromatic nitrogens is 7. The quantitative estimate of drug-likeness (QED) is 0.526. The van der Waals surface area contributed by atoms with E-state index in [1.54, 1.807) is 10.6 Å². The van der Waals surface area contributed by atoms with Gasteiger partial charge in [-0.15, -0.1) is 14.8 Å². The highest BCUT2D eigenvalue weighted by molar-refractivity contribution is 7.99. The molecule has 8 nitrogen and oxygen atoms in total. The highest BCUT2D eigenvalue weighted by atomic mass is 32.2. The van der Waals surface area contributed by atoms with Crippen molar-refractivity contribution in [3.63, 3.8) is 0 Å². The second-order valence-corrected chi connectivity index (χ2v) is 6.61. The summed E-state index contributed by atoms with van der Waals surface area (Å²) in [6.07, 6.45) is 2.01. The molecule has 0 radical (unpaired) electrons. The third-order valence-corrected chi connectivity index (χ3v) is 4.83. The first-order valence-corrected chi connectivity index (χ1v) is 8.36. The average molecular weight is 337 g/mol. The summed E-state index contributed by atoms with van der Waals surface area (Å²) in [6.45, 7) is 0. The van der Waals surface area contributed by atoms with Gasteiger partial charge in [-0.1, -0.05) is 12.1 Å². The molecule has 1 aliphatic rings. The molecule has 0 amide bonds. The van der Waals surface area contributed by atoms with Gasteiger partial charge in [-0.2, -0.15) is 0 Å². The lowest BCUT2D eigenvalue weighted by Crippen LogP contribution is -2.22. The molecule has 3 aromatic heterocycles. The number of tetrazole rings is 1. The molecule has 1 aliphatic carbocycles. The smallest absolute Gasteiger partial charge is 0.262 e. The Balaban J connectivity index is 1.67. The summed E-state index contributed by atoms with van der Waals surface area (Å²) in [4.78, 5) is 17.5. The van der Waals surface area contributed by atoms with E-state index < -0.39 is 0 Å². The molecule has 3 heterocycles. The van der Waals surface area contributed by atoms with Gasteiger partial charge in [0.15, 0.2) is 10.8 Å². The lowest BCUT2D eigenvalue weighted by molar-refractivity contribution is 0.616. The van der Waals surface area contributed by atoms with Crippen LogP contribution in [0.2, 0.25) is 0 Å². The van der Waals surface area contributed by atoms with Crippen LogP contribution in [0.4, 0.5) is 0 Å².